The van der Waals surface area contributed by atoms with E-state index in [2.05, 4.69) is 25.6 Å². The van der Waals surface area contributed by atoms with E-state index in [1.54, 1.807) is 0 Å². The van der Waals surface area contributed by atoms with Gasteiger partial charge in [0.05, 0.1) is 6.10 Å². The van der Waals surface area contributed by atoms with Gasteiger partial charge in [0.1, 0.15) is 0 Å². The highest BCUT2D eigenvalue weighted by molar-refractivity contribution is 8.07. The molecule has 4 saturated carbocycles. The van der Waals surface area contributed by atoms with Crippen LogP contribution in [0.4, 0.5) is 0 Å². The molecule has 1 N–H and O–H groups in total. The first kappa shape index (κ1) is 13.7. The highest BCUT2D eigenvalue weighted by Crippen LogP contribution is 2.70. The Morgan fingerprint density at radius 1 is 0.905 bits per heavy atom. The highest BCUT2D eigenvalue weighted by atomic mass is 32.2. The first-order valence-corrected chi connectivity index (χ1v) is 10.3. The van der Waals surface area contributed by atoms with Crippen LogP contribution in [0.3, 0.4) is 0 Å². The summed E-state index contributed by atoms with van der Waals surface area (Å²) in [4.78, 5) is 0. The van der Waals surface area contributed by atoms with E-state index < -0.39 is 0 Å². The maximum Gasteiger partial charge on any atom is 0.0596 e. The fourth-order valence-corrected chi connectivity index (χ4v) is 8.86. The molecule has 2 heteroatoms. The first-order chi connectivity index (χ1) is 10.0. The molecule has 0 unspecified atom stereocenters. The van der Waals surface area contributed by atoms with Gasteiger partial charge in [0.25, 0.3) is 0 Å². The zero-order chi connectivity index (χ0) is 14.4. The summed E-state index contributed by atoms with van der Waals surface area (Å²) in [6.45, 7) is 5.07. The van der Waals surface area contributed by atoms with Crippen LogP contribution in [0, 0.1) is 34.5 Å². The van der Waals surface area contributed by atoms with Crippen molar-refractivity contribution in [1.29, 1.82) is 0 Å². The highest BCUT2D eigenvalue weighted by Gasteiger charge is 2.63. The van der Waals surface area contributed by atoms with Crippen LogP contribution in [0.25, 0.3) is 0 Å². The van der Waals surface area contributed by atoms with Crippen LogP contribution in [0.2, 0.25) is 0 Å². The maximum atomic E-state index is 10.5. The topological polar surface area (TPSA) is 20.2 Å². The van der Waals surface area contributed by atoms with Crippen LogP contribution in [0.15, 0.2) is 0 Å². The second-order valence-electron chi connectivity index (χ2n) is 9.45. The van der Waals surface area contributed by atoms with Gasteiger partial charge < -0.3 is 5.11 Å². The van der Waals surface area contributed by atoms with E-state index in [9.17, 15) is 5.11 Å². The molecule has 0 bridgehead atoms. The smallest absolute Gasteiger partial charge is 0.0596 e. The van der Waals surface area contributed by atoms with Gasteiger partial charge in [0.15, 0.2) is 0 Å². The van der Waals surface area contributed by atoms with Crippen molar-refractivity contribution in [3.8, 4) is 0 Å². The lowest BCUT2D eigenvalue weighted by Gasteiger charge is -2.60. The second kappa shape index (κ2) is 4.23. The number of fused-ring (bicyclic) bond motifs is 6. The molecule has 5 aliphatic rings. The average molecular weight is 307 g/mol. The van der Waals surface area contributed by atoms with Gasteiger partial charge in [-0.25, -0.2) is 0 Å². The number of thioether (sulfide) groups is 1. The number of rotatable bonds is 0. The fraction of sp³-hybridized carbons (Fsp3) is 1.00. The van der Waals surface area contributed by atoms with E-state index in [0.717, 1.165) is 40.6 Å². The molecule has 1 aliphatic heterocycles. The first-order valence-electron chi connectivity index (χ1n) is 9.36. The fourth-order valence-electron chi connectivity index (χ4n) is 7.49. The van der Waals surface area contributed by atoms with Gasteiger partial charge in [0.2, 0.25) is 0 Å². The normalized spacial score (nSPS) is 65.0. The number of hydrogen-bond donors (Lipinski definition) is 1. The minimum Gasteiger partial charge on any atom is -0.393 e. The van der Waals surface area contributed by atoms with Gasteiger partial charge >= 0.3 is 0 Å². The Morgan fingerprint density at radius 2 is 1.71 bits per heavy atom. The van der Waals surface area contributed by atoms with E-state index >= 15 is 0 Å². The molecule has 0 aromatic rings. The molecule has 0 radical (unpaired) electrons. The van der Waals surface area contributed by atoms with E-state index in [0.29, 0.717) is 5.41 Å². The van der Waals surface area contributed by atoms with Crippen LogP contribution in [-0.4, -0.2) is 21.7 Å². The molecule has 9 atom stereocenters. The maximum absolute atomic E-state index is 10.5. The zero-order valence-electron chi connectivity index (χ0n) is 13.6. The summed E-state index contributed by atoms with van der Waals surface area (Å²) in [6, 6.07) is 0. The van der Waals surface area contributed by atoms with E-state index in [-0.39, 0.29) is 11.5 Å². The number of aliphatic hydroxyl groups excluding tert-OH is 1. The molecule has 0 aromatic heterocycles. The molecule has 0 spiro atoms. The third-order valence-electron chi connectivity index (χ3n) is 8.86. The molecule has 1 heterocycles. The summed E-state index contributed by atoms with van der Waals surface area (Å²) in [5.41, 5.74) is 0.901. The van der Waals surface area contributed by atoms with Gasteiger partial charge in [-0.2, -0.15) is 11.8 Å². The van der Waals surface area contributed by atoms with Crippen molar-refractivity contribution in [1.82, 2.24) is 0 Å². The Balaban J connectivity index is 1.47. The van der Waals surface area contributed by atoms with E-state index in [1.165, 1.54) is 44.9 Å². The summed E-state index contributed by atoms with van der Waals surface area (Å²) in [5.74, 6) is 3.75. The molecular formula is C19H30OS. The monoisotopic (exact) mass is 306 g/mol. The minimum atomic E-state index is -0.0105. The van der Waals surface area contributed by atoms with Gasteiger partial charge in [-0.15, -0.1) is 0 Å². The molecular weight excluding hydrogens is 276 g/mol. The Morgan fingerprint density at radius 3 is 2.57 bits per heavy atom. The van der Waals surface area contributed by atoms with Gasteiger partial charge in [-0.3, -0.25) is 0 Å². The molecule has 21 heavy (non-hydrogen) atoms. The lowest BCUT2D eigenvalue weighted by Crippen LogP contribution is -2.54. The summed E-state index contributed by atoms with van der Waals surface area (Å²) in [5, 5.41) is 12.6. The van der Waals surface area contributed by atoms with Crippen molar-refractivity contribution >= 4 is 11.8 Å². The van der Waals surface area contributed by atoms with Gasteiger partial charge in [-0.1, -0.05) is 13.8 Å². The molecule has 1 saturated heterocycles. The van der Waals surface area contributed by atoms with Crippen molar-refractivity contribution in [3.63, 3.8) is 0 Å². The molecule has 0 amide bonds. The SMILES string of the molecule is C[C@]12C[C@@H]3S[C@@H]3C[C@@H]1CC[C@H]1[C@H]2CC[C@@]2(C)[C@@H]1CC[C@@H]2O. The van der Waals surface area contributed by atoms with Crippen LogP contribution >= 0.6 is 11.8 Å². The Hall–Kier alpha value is 0.310. The molecule has 0 aromatic carbocycles. The molecule has 5 rings (SSSR count). The summed E-state index contributed by atoms with van der Waals surface area (Å²) in [6.07, 6.45) is 11.1. The zero-order valence-corrected chi connectivity index (χ0v) is 14.4. The van der Waals surface area contributed by atoms with Crippen LogP contribution in [0.1, 0.15) is 65.2 Å². The molecule has 5 fully saturated rings. The van der Waals surface area contributed by atoms with Crippen LogP contribution in [0.5, 0.6) is 0 Å². The predicted molar refractivity (Wildman–Crippen MR) is 88.3 cm³/mol. The molecule has 1 nitrogen and oxygen atoms in total. The third-order valence-corrected chi connectivity index (χ3v) is 10.3. The van der Waals surface area contributed by atoms with Crippen LogP contribution in [-0.2, 0) is 0 Å². The van der Waals surface area contributed by atoms with Crippen molar-refractivity contribution in [2.24, 2.45) is 34.5 Å². The lowest BCUT2D eigenvalue weighted by atomic mass is 9.45. The van der Waals surface area contributed by atoms with E-state index in [4.69, 9.17) is 0 Å². The number of hydrogen-bond acceptors (Lipinski definition) is 2. The van der Waals surface area contributed by atoms with E-state index in [1.807, 2.05) is 0 Å². The predicted octanol–water partition coefficient (Wildman–Crippen LogP) is 4.48. The van der Waals surface area contributed by atoms with Crippen LogP contribution < -0.4 is 0 Å². The summed E-state index contributed by atoms with van der Waals surface area (Å²) >= 11 is 2.28. The standard InChI is InChI=1S/C19H30OS/c1-18-8-7-14-12(13(18)5-6-17(18)20)4-3-11-9-15-16(21-15)10-19(11,14)2/h11-17,20H,3-10H2,1-2H3/t11-,12+,13+,14+,15+,16-,17-,18-,19-/m0/s1. The van der Waals surface area contributed by atoms with Crippen molar-refractivity contribution in [3.05, 3.63) is 0 Å². The molecule has 4 aliphatic carbocycles. The number of aliphatic hydroxyl groups is 1. The summed E-state index contributed by atoms with van der Waals surface area (Å²) in [7, 11) is 0. The van der Waals surface area contributed by atoms with Gasteiger partial charge in [-0.05, 0) is 85.9 Å². The van der Waals surface area contributed by atoms with Gasteiger partial charge in [0, 0.05) is 10.5 Å². The minimum absolute atomic E-state index is 0.0105. The second-order valence-corrected chi connectivity index (χ2v) is 10.9. The van der Waals surface area contributed by atoms with Crippen molar-refractivity contribution < 1.29 is 5.11 Å². The Labute approximate surface area is 133 Å². The van der Waals surface area contributed by atoms with Crippen molar-refractivity contribution in [2.45, 2.75) is 81.8 Å². The average Bonchev–Trinajstić information content (AvgIpc) is 3.12. The molecule has 118 valence electrons. The van der Waals surface area contributed by atoms with Crippen molar-refractivity contribution in [2.75, 3.05) is 0 Å². The lowest BCUT2D eigenvalue weighted by molar-refractivity contribution is -0.116. The summed E-state index contributed by atoms with van der Waals surface area (Å²) < 4.78 is 0. The Bertz CT molecular complexity index is 464. The third kappa shape index (κ3) is 1.70. The quantitative estimate of drug-likeness (QED) is 0.666. The Kier molecular flexibility index (Phi) is 2.76. The largest absolute Gasteiger partial charge is 0.393 e.